The first kappa shape index (κ1) is 8.21. The summed E-state index contributed by atoms with van der Waals surface area (Å²) in [5.74, 6) is 0. The molecule has 0 fully saturated rings. The van der Waals surface area contributed by atoms with Crippen LogP contribution in [0.15, 0.2) is 16.8 Å². The molecule has 0 saturated carbocycles. The van der Waals surface area contributed by atoms with Gasteiger partial charge in [-0.1, -0.05) is 11.2 Å². The van der Waals surface area contributed by atoms with E-state index in [2.05, 4.69) is 9.99 Å². The zero-order valence-electron chi connectivity index (χ0n) is 6.43. The topological polar surface area (TPSA) is 21.6 Å². The third-order valence-electron chi connectivity index (χ3n) is 1.23. The maximum Gasteiger partial charge on any atom is 0.106 e. The maximum absolute atomic E-state index is 4.57. The first-order valence-electron chi connectivity index (χ1n) is 2.93. The van der Waals surface area contributed by atoms with E-state index in [1.54, 1.807) is 7.11 Å². The minimum Gasteiger partial charge on any atom is -0.399 e. The molecule has 0 spiro atoms. The SMILES string of the molecule is CC=C(C)C(C)=NOC. The van der Waals surface area contributed by atoms with Crippen LogP contribution in [0.4, 0.5) is 0 Å². The van der Waals surface area contributed by atoms with E-state index in [1.165, 1.54) is 0 Å². The molecule has 0 atom stereocenters. The fourth-order valence-corrected chi connectivity index (χ4v) is 0.418. The van der Waals surface area contributed by atoms with E-state index in [9.17, 15) is 0 Å². The van der Waals surface area contributed by atoms with Crippen molar-refractivity contribution in [1.29, 1.82) is 0 Å². The van der Waals surface area contributed by atoms with Crippen LogP contribution in [-0.4, -0.2) is 12.8 Å². The standard InChI is InChI=1S/C7H13NO/c1-5-6(2)7(3)8-9-4/h5H,1-4H3. The lowest BCUT2D eigenvalue weighted by Crippen LogP contribution is -1.92. The molecule has 0 aliphatic rings. The minimum atomic E-state index is 0.931. The van der Waals surface area contributed by atoms with Crippen LogP contribution in [0.2, 0.25) is 0 Å². The van der Waals surface area contributed by atoms with Crippen molar-refractivity contribution in [3.05, 3.63) is 11.6 Å². The van der Waals surface area contributed by atoms with Crippen molar-refractivity contribution in [2.45, 2.75) is 20.8 Å². The molecule has 2 heteroatoms. The first-order valence-corrected chi connectivity index (χ1v) is 2.93. The highest BCUT2D eigenvalue weighted by molar-refractivity contribution is 5.97. The summed E-state index contributed by atoms with van der Waals surface area (Å²) in [6.07, 6.45) is 2.00. The van der Waals surface area contributed by atoms with Crippen LogP contribution in [0.5, 0.6) is 0 Å². The Morgan fingerprint density at radius 1 is 1.44 bits per heavy atom. The molecular formula is C7H13NO. The summed E-state index contributed by atoms with van der Waals surface area (Å²) < 4.78 is 0. The van der Waals surface area contributed by atoms with Crippen LogP contribution in [0.1, 0.15) is 20.8 Å². The van der Waals surface area contributed by atoms with Crippen molar-refractivity contribution in [3.8, 4) is 0 Å². The van der Waals surface area contributed by atoms with Gasteiger partial charge in [0.2, 0.25) is 0 Å². The van der Waals surface area contributed by atoms with Crippen molar-refractivity contribution < 1.29 is 4.84 Å². The molecule has 0 saturated heterocycles. The van der Waals surface area contributed by atoms with Gasteiger partial charge in [0.1, 0.15) is 7.11 Å². The van der Waals surface area contributed by atoms with Gasteiger partial charge in [-0.05, 0) is 26.3 Å². The molecule has 0 radical (unpaired) electrons. The van der Waals surface area contributed by atoms with Crippen molar-refractivity contribution >= 4 is 5.71 Å². The van der Waals surface area contributed by atoms with Gasteiger partial charge in [-0.25, -0.2) is 0 Å². The van der Waals surface area contributed by atoms with Gasteiger partial charge >= 0.3 is 0 Å². The smallest absolute Gasteiger partial charge is 0.106 e. The molecule has 0 rings (SSSR count). The number of nitrogens with zero attached hydrogens (tertiary/aromatic N) is 1. The summed E-state index contributed by atoms with van der Waals surface area (Å²) in [4.78, 5) is 4.57. The van der Waals surface area contributed by atoms with Crippen molar-refractivity contribution in [2.24, 2.45) is 5.16 Å². The zero-order valence-corrected chi connectivity index (χ0v) is 6.43. The van der Waals surface area contributed by atoms with Crippen molar-refractivity contribution in [3.63, 3.8) is 0 Å². The molecule has 0 aromatic heterocycles. The van der Waals surface area contributed by atoms with Gasteiger partial charge in [0.25, 0.3) is 0 Å². The summed E-state index contributed by atoms with van der Waals surface area (Å²) in [5.41, 5.74) is 2.08. The fraction of sp³-hybridized carbons (Fsp3) is 0.571. The predicted molar refractivity (Wildman–Crippen MR) is 39.5 cm³/mol. The van der Waals surface area contributed by atoms with Gasteiger partial charge in [-0.3, -0.25) is 0 Å². The molecule has 0 N–H and O–H groups in total. The van der Waals surface area contributed by atoms with E-state index in [0.717, 1.165) is 11.3 Å². The van der Waals surface area contributed by atoms with Crippen molar-refractivity contribution in [1.82, 2.24) is 0 Å². The number of hydrogen-bond acceptors (Lipinski definition) is 2. The van der Waals surface area contributed by atoms with E-state index >= 15 is 0 Å². The zero-order chi connectivity index (χ0) is 7.28. The molecule has 0 bridgehead atoms. The Balaban J connectivity index is 4.03. The lowest BCUT2D eigenvalue weighted by molar-refractivity contribution is 0.213. The van der Waals surface area contributed by atoms with E-state index < -0.39 is 0 Å². The Hall–Kier alpha value is -0.790. The fourth-order valence-electron chi connectivity index (χ4n) is 0.418. The second-order valence-corrected chi connectivity index (χ2v) is 1.83. The molecule has 52 valence electrons. The molecule has 0 aromatic carbocycles. The van der Waals surface area contributed by atoms with E-state index in [4.69, 9.17) is 0 Å². The number of oxime groups is 1. The summed E-state index contributed by atoms with van der Waals surface area (Å²) >= 11 is 0. The molecule has 0 unspecified atom stereocenters. The third kappa shape index (κ3) is 2.90. The van der Waals surface area contributed by atoms with Crippen LogP contribution >= 0.6 is 0 Å². The van der Waals surface area contributed by atoms with Crippen LogP contribution in [0.25, 0.3) is 0 Å². The quantitative estimate of drug-likeness (QED) is 0.410. The van der Waals surface area contributed by atoms with E-state index in [0.29, 0.717) is 0 Å². The minimum absolute atomic E-state index is 0.931. The maximum atomic E-state index is 4.57. The van der Waals surface area contributed by atoms with Gasteiger partial charge in [-0.15, -0.1) is 0 Å². The Labute approximate surface area is 56.2 Å². The summed E-state index contributed by atoms with van der Waals surface area (Å²) in [6.45, 7) is 5.89. The predicted octanol–water partition coefficient (Wildman–Crippen LogP) is 1.97. The molecule has 0 aliphatic carbocycles. The third-order valence-corrected chi connectivity index (χ3v) is 1.23. The van der Waals surface area contributed by atoms with E-state index in [1.807, 2.05) is 26.8 Å². The lowest BCUT2D eigenvalue weighted by atomic mass is 10.2. The molecule has 9 heavy (non-hydrogen) atoms. The van der Waals surface area contributed by atoms with Crippen molar-refractivity contribution in [2.75, 3.05) is 7.11 Å². The first-order chi connectivity index (χ1) is 4.22. The largest absolute Gasteiger partial charge is 0.399 e. The normalized spacial score (nSPS) is 13.8. The van der Waals surface area contributed by atoms with Crippen LogP contribution < -0.4 is 0 Å². The average Bonchev–Trinajstić information content (AvgIpc) is 1.87. The Morgan fingerprint density at radius 2 is 2.00 bits per heavy atom. The van der Waals surface area contributed by atoms with Crippen LogP contribution in [-0.2, 0) is 4.84 Å². The van der Waals surface area contributed by atoms with Crippen LogP contribution in [0, 0.1) is 0 Å². The summed E-state index contributed by atoms with van der Waals surface area (Å²) in [5, 5.41) is 3.74. The number of rotatable bonds is 2. The molecular weight excluding hydrogens is 114 g/mol. The monoisotopic (exact) mass is 127 g/mol. The Kier molecular flexibility index (Phi) is 3.76. The molecule has 0 aromatic rings. The Morgan fingerprint density at radius 3 is 2.33 bits per heavy atom. The molecule has 0 aliphatic heterocycles. The number of allylic oxidation sites excluding steroid dienone is 2. The lowest BCUT2D eigenvalue weighted by Gasteiger charge is -1.95. The van der Waals surface area contributed by atoms with Crippen LogP contribution in [0.3, 0.4) is 0 Å². The van der Waals surface area contributed by atoms with Gasteiger partial charge in [-0.2, -0.15) is 0 Å². The van der Waals surface area contributed by atoms with Gasteiger partial charge in [0.05, 0.1) is 5.71 Å². The summed E-state index contributed by atoms with van der Waals surface area (Å²) in [6, 6.07) is 0. The summed E-state index contributed by atoms with van der Waals surface area (Å²) in [7, 11) is 1.55. The molecule has 2 nitrogen and oxygen atoms in total. The van der Waals surface area contributed by atoms with E-state index in [-0.39, 0.29) is 0 Å². The van der Waals surface area contributed by atoms with Gasteiger partial charge in [0.15, 0.2) is 0 Å². The van der Waals surface area contributed by atoms with Gasteiger partial charge < -0.3 is 4.84 Å². The number of hydrogen-bond donors (Lipinski definition) is 0. The second kappa shape index (κ2) is 4.13. The highest BCUT2D eigenvalue weighted by Crippen LogP contribution is 1.95. The molecule has 0 amide bonds. The Bertz CT molecular complexity index is 136. The molecule has 0 heterocycles. The highest BCUT2D eigenvalue weighted by atomic mass is 16.6. The van der Waals surface area contributed by atoms with Gasteiger partial charge in [0, 0.05) is 0 Å². The second-order valence-electron chi connectivity index (χ2n) is 1.83. The average molecular weight is 127 g/mol. The highest BCUT2D eigenvalue weighted by Gasteiger charge is 1.90.